The van der Waals surface area contributed by atoms with Crippen molar-refractivity contribution in [1.29, 1.82) is 0 Å². The molecule has 4 rings (SSSR count). The smallest absolute Gasteiger partial charge is 0.308 e. The van der Waals surface area contributed by atoms with Crippen LogP contribution in [-0.2, 0) is 15.3 Å². The molecule has 1 fully saturated rings. The second-order valence-electron chi connectivity index (χ2n) is 7.80. The summed E-state index contributed by atoms with van der Waals surface area (Å²) in [5.74, 6) is -1.69. The molecule has 2 heterocycles. The van der Waals surface area contributed by atoms with Crippen LogP contribution in [0.1, 0.15) is 18.9 Å². The first-order chi connectivity index (χ1) is 16.9. The Labute approximate surface area is 210 Å². The highest BCUT2D eigenvalue weighted by atomic mass is 32.2. The summed E-state index contributed by atoms with van der Waals surface area (Å²) in [7, 11) is 3.25. The lowest BCUT2D eigenvalue weighted by Gasteiger charge is -2.30. The zero-order valence-corrected chi connectivity index (χ0v) is 21.1. The molecule has 1 saturated heterocycles. The standard InChI is InChI=1S/C25H25F2NO3S.C2H6O/c1-3-4-5-6-22(18(2)26)25(19-7-9-20(27)10-8-19)30-23-12-11-21(17-24(23)31-25)32-28-13-15-29-16-14-28;1-3-2/h3-4,6-12,17H,2,5,13-16H2,1H3;1-2H3/b4-3-,22-6+;. The topological polar surface area (TPSA) is 40.2 Å². The van der Waals surface area contributed by atoms with Gasteiger partial charge in [0.15, 0.2) is 11.5 Å². The molecule has 0 aromatic heterocycles. The van der Waals surface area contributed by atoms with Crippen LogP contribution in [0.25, 0.3) is 0 Å². The SMILES string of the molecule is C=C(F)/C(=C\C/C=C\C)C1(c2ccc(F)cc2)Oc2ccc(SN3CCOCC3)cc2O1.COC. The first-order valence-corrected chi connectivity index (χ1v) is 12.1. The van der Waals surface area contributed by atoms with E-state index in [4.69, 9.17) is 14.2 Å². The first kappa shape index (κ1) is 26.9. The molecule has 188 valence electrons. The molecule has 35 heavy (non-hydrogen) atoms. The van der Waals surface area contributed by atoms with Crippen molar-refractivity contribution in [3.63, 3.8) is 0 Å². The van der Waals surface area contributed by atoms with Gasteiger partial charge in [-0.3, -0.25) is 0 Å². The monoisotopic (exact) mass is 503 g/mol. The van der Waals surface area contributed by atoms with Gasteiger partial charge in [-0.2, -0.15) is 0 Å². The van der Waals surface area contributed by atoms with E-state index in [1.165, 1.54) is 24.3 Å². The third-order valence-corrected chi connectivity index (χ3v) is 6.28. The molecule has 0 radical (unpaired) electrons. The van der Waals surface area contributed by atoms with Gasteiger partial charge in [0.1, 0.15) is 11.6 Å². The maximum Gasteiger partial charge on any atom is 0.308 e. The zero-order chi connectivity index (χ0) is 25.3. The lowest BCUT2D eigenvalue weighted by Crippen LogP contribution is -2.38. The Balaban J connectivity index is 0.00000108. The molecular formula is C27H31F2NO4S. The number of hydrogen-bond acceptors (Lipinski definition) is 6. The van der Waals surface area contributed by atoms with Crippen molar-refractivity contribution in [1.82, 2.24) is 4.31 Å². The number of benzene rings is 2. The van der Waals surface area contributed by atoms with Crippen molar-refractivity contribution in [2.75, 3.05) is 40.5 Å². The van der Waals surface area contributed by atoms with Crippen LogP contribution in [0.5, 0.6) is 11.5 Å². The van der Waals surface area contributed by atoms with Crippen molar-refractivity contribution < 1.29 is 27.7 Å². The fourth-order valence-corrected chi connectivity index (χ4v) is 4.54. The quantitative estimate of drug-likeness (QED) is 0.246. The Morgan fingerprint density at radius 3 is 2.40 bits per heavy atom. The molecule has 1 atom stereocenters. The van der Waals surface area contributed by atoms with Gasteiger partial charge in [-0.25, -0.2) is 13.1 Å². The highest BCUT2D eigenvalue weighted by molar-refractivity contribution is 7.97. The van der Waals surface area contributed by atoms with E-state index in [9.17, 15) is 8.78 Å². The van der Waals surface area contributed by atoms with E-state index in [0.717, 1.165) is 18.0 Å². The lowest BCUT2D eigenvalue weighted by atomic mass is 9.95. The Morgan fingerprint density at radius 1 is 1.11 bits per heavy atom. The highest BCUT2D eigenvalue weighted by Crippen LogP contribution is 2.50. The number of nitrogens with zero attached hydrogens (tertiary/aromatic N) is 1. The van der Waals surface area contributed by atoms with E-state index in [1.54, 1.807) is 32.2 Å². The molecule has 0 bridgehead atoms. The summed E-state index contributed by atoms with van der Waals surface area (Å²) >= 11 is 1.61. The van der Waals surface area contributed by atoms with Gasteiger partial charge in [0.2, 0.25) is 0 Å². The van der Waals surface area contributed by atoms with Crippen LogP contribution in [-0.4, -0.2) is 44.8 Å². The number of rotatable bonds is 7. The van der Waals surface area contributed by atoms with Gasteiger partial charge in [0.05, 0.1) is 18.8 Å². The number of hydrogen-bond donors (Lipinski definition) is 0. The Morgan fingerprint density at radius 2 is 1.77 bits per heavy atom. The lowest BCUT2D eigenvalue weighted by molar-refractivity contribution is -0.0499. The minimum atomic E-state index is -1.59. The predicted octanol–water partition coefficient (Wildman–Crippen LogP) is 6.43. The second kappa shape index (κ2) is 12.9. The predicted molar refractivity (Wildman–Crippen MR) is 135 cm³/mol. The van der Waals surface area contributed by atoms with Crippen LogP contribution < -0.4 is 9.47 Å². The van der Waals surface area contributed by atoms with Crippen LogP contribution in [0, 0.1) is 5.82 Å². The van der Waals surface area contributed by atoms with Gasteiger partial charge in [0, 0.05) is 37.8 Å². The molecule has 2 aliphatic heterocycles. The Kier molecular flexibility index (Phi) is 9.92. The normalized spacial score (nSPS) is 20.0. The van der Waals surface area contributed by atoms with E-state index < -0.39 is 17.4 Å². The van der Waals surface area contributed by atoms with Crippen LogP contribution in [0.3, 0.4) is 0 Å². The molecule has 0 amide bonds. The van der Waals surface area contributed by atoms with Crippen molar-refractivity contribution >= 4 is 11.9 Å². The third-order valence-electron chi connectivity index (χ3n) is 5.19. The number of morpholine rings is 1. The van der Waals surface area contributed by atoms with Crippen LogP contribution in [0.15, 0.2) is 83.6 Å². The van der Waals surface area contributed by atoms with Gasteiger partial charge in [-0.15, -0.1) is 0 Å². The maximum absolute atomic E-state index is 14.7. The summed E-state index contributed by atoms with van der Waals surface area (Å²) in [5.41, 5.74) is 0.629. The molecule has 0 spiro atoms. The molecule has 2 aromatic carbocycles. The van der Waals surface area contributed by atoms with E-state index >= 15 is 0 Å². The fraction of sp³-hybridized carbons (Fsp3) is 0.333. The second-order valence-corrected chi connectivity index (χ2v) is 8.97. The summed E-state index contributed by atoms with van der Waals surface area (Å²) in [4.78, 5) is 0.975. The average Bonchev–Trinajstić information content (AvgIpc) is 3.22. The minimum Gasteiger partial charge on any atom is -0.440 e. The largest absolute Gasteiger partial charge is 0.440 e. The van der Waals surface area contributed by atoms with Crippen LogP contribution in [0.4, 0.5) is 8.78 Å². The molecule has 1 unspecified atom stereocenters. The molecular weight excluding hydrogens is 472 g/mol. The summed E-state index contributed by atoms with van der Waals surface area (Å²) in [6.07, 6.45) is 5.92. The van der Waals surface area contributed by atoms with Crippen molar-refractivity contribution in [3.8, 4) is 11.5 Å². The first-order valence-electron chi connectivity index (χ1n) is 11.3. The Bertz CT molecular complexity index is 1050. The summed E-state index contributed by atoms with van der Waals surface area (Å²) in [5, 5.41) is 0. The van der Waals surface area contributed by atoms with Crippen LogP contribution in [0.2, 0.25) is 0 Å². The fourth-order valence-electron chi connectivity index (χ4n) is 3.63. The molecule has 0 saturated carbocycles. The number of halogens is 2. The van der Waals surface area contributed by atoms with E-state index in [0.29, 0.717) is 36.7 Å². The molecule has 0 N–H and O–H groups in total. The van der Waals surface area contributed by atoms with Gasteiger partial charge in [0.25, 0.3) is 0 Å². The molecule has 8 heteroatoms. The Hall–Kier alpha value is -2.65. The van der Waals surface area contributed by atoms with E-state index in [2.05, 4.69) is 15.6 Å². The minimum absolute atomic E-state index is 0.154. The van der Waals surface area contributed by atoms with Crippen molar-refractivity contribution in [3.05, 3.63) is 90.1 Å². The number of allylic oxidation sites excluding steroid dienone is 3. The van der Waals surface area contributed by atoms with Crippen LogP contribution >= 0.6 is 11.9 Å². The van der Waals surface area contributed by atoms with Gasteiger partial charge < -0.3 is 18.9 Å². The van der Waals surface area contributed by atoms with Gasteiger partial charge >= 0.3 is 5.79 Å². The number of ether oxygens (including phenoxy) is 4. The van der Waals surface area contributed by atoms with Gasteiger partial charge in [-0.1, -0.05) is 24.8 Å². The van der Waals surface area contributed by atoms with E-state index in [-0.39, 0.29) is 5.57 Å². The molecule has 2 aromatic rings. The number of fused-ring (bicyclic) bond motifs is 1. The van der Waals surface area contributed by atoms with Gasteiger partial charge in [-0.05, 0) is 67.8 Å². The molecule has 5 nitrogen and oxygen atoms in total. The molecule has 2 aliphatic rings. The van der Waals surface area contributed by atoms with Crippen molar-refractivity contribution in [2.24, 2.45) is 0 Å². The summed E-state index contributed by atoms with van der Waals surface area (Å²) in [6.45, 7) is 8.46. The third kappa shape index (κ3) is 6.73. The van der Waals surface area contributed by atoms with Crippen molar-refractivity contribution in [2.45, 2.75) is 24.0 Å². The average molecular weight is 504 g/mol. The molecule has 0 aliphatic carbocycles. The highest BCUT2D eigenvalue weighted by Gasteiger charge is 2.48. The number of methoxy groups -OCH3 is 1. The van der Waals surface area contributed by atoms with E-state index in [1.807, 2.05) is 37.3 Å². The summed E-state index contributed by atoms with van der Waals surface area (Å²) < 4.78 is 52.8. The zero-order valence-electron chi connectivity index (χ0n) is 20.3. The maximum atomic E-state index is 14.7. The summed E-state index contributed by atoms with van der Waals surface area (Å²) in [6, 6.07) is 11.3.